The highest BCUT2D eigenvalue weighted by Gasteiger charge is 2.33. The standard InChI is InChI=1S/C14H17N3O/c1-14(2,3)17-9-13(18)16(4)11-6-5-10(8-15)7-12(11)17/h5-7H,9H2,1-4H3. The van der Waals surface area contributed by atoms with Crippen molar-refractivity contribution in [3.63, 3.8) is 0 Å². The molecule has 1 aliphatic rings. The zero-order valence-corrected chi connectivity index (χ0v) is 11.2. The van der Waals surface area contributed by atoms with Crippen LogP contribution in [-0.2, 0) is 4.79 Å². The van der Waals surface area contributed by atoms with Gasteiger partial charge in [0.15, 0.2) is 0 Å². The van der Waals surface area contributed by atoms with Crippen molar-refractivity contribution in [3.05, 3.63) is 23.8 Å². The van der Waals surface area contributed by atoms with Gasteiger partial charge >= 0.3 is 0 Å². The van der Waals surface area contributed by atoms with Gasteiger partial charge in [-0.15, -0.1) is 0 Å². The molecule has 2 rings (SSSR count). The third-order valence-corrected chi connectivity index (χ3v) is 3.23. The molecule has 18 heavy (non-hydrogen) atoms. The normalized spacial score (nSPS) is 15.4. The number of fused-ring (bicyclic) bond motifs is 1. The van der Waals surface area contributed by atoms with Crippen LogP contribution in [0.5, 0.6) is 0 Å². The zero-order valence-electron chi connectivity index (χ0n) is 11.2. The maximum absolute atomic E-state index is 12.0. The summed E-state index contributed by atoms with van der Waals surface area (Å²) in [6.07, 6.45) is 0. The number of hydrogen-bond acceptors (Lipinski definition) is 3. The number of rotatable bonds is 0. The third-order valence-electron chi connectivity index (χ3n) is 3.23. The van der Waals surface area contributed by atoms with Crippen molar-refractivity contribution in [2.24, 2.45) is 0 Å². The van der Waals surface area contributed by atoms with Crippen molar-refractivity contribution in [1.29, 1.82) is 5.26 Å². The molecule has 4 nitrogen and oxygen atoms in total. The van der Waals surface area contributed by atoms with Crippen molar-refractivity contribution in [2.75, 3.05) is 23.4 Å². The summed E-state index contributed by atoms with van der Waals surface area (Å²) in [6, 6.07) is 7.58. The number of carbonyl (C=O) groups excluding carboxylic acids is 1. The van der Waals surface area contributed by atoms with Crippen molar-refractivity contribution in [2.45, 2.75) is 26.3 Å². The maximum atomic E-state index is 12.0. The molecule has 0 aromatic heterocycles. The Bertz CT molecular complexity index is 537. The number of nitrogens with zero attached hydrogens (tertiary/aromatic N) is 3. The summed E-state index contributed by atoms with van der Waals surface area (Å²) in [4.78, 5) is 15.7. The number of likely N-dealkylation sites (N-methyl/N-ethyl adjacent to an activating group) is 1. The smallest absolute Gasteiger partial charge is 0.246 e. The Kier molecular flexibility index (Phi) is 2.78. The van der Waals surface area contributed by atoms with Gasteiger partial charge in [0.25, 0.3) is 0 Å². The minimum absolute atomic E-state index is 0.0714. The highest BCUT2D eigenvalue weighted by atomic mass is 16.2. The van der Waals surface area contributed by atoms with Crippen molar-refractivity contribution in [3.8, 4) is 6.07 Å². The van der Waals surface area contributed by atoms with E-state index in [4.69, 9.17) is 5.26 Å². The van der Waals surface area contributed by atoms with Crippen LogP contribution >= 0.6 is 0 Å². The van der Waals surface area contributed by atoms with E-state index in [9.17, 15) is 4.79 Å². The van der Waals surface area contributed by atoms with Gasteiger partial charge < -0.3 is 9.80 Å². The summed E-state index contributed by atoms with van der Waals surface area (Å²) in [7, 11) is 1.77. The van der Waals surface area contributed by atoms with E-state index >= 15 is 0 Å². The Hall–Kier alpha value is -2.02. The molecule has 0 unspecified atom stereocenters. The zero-order chi connectivity index (χ0) is 13.5. The van der Waals surface area contributed by atoms with Crippen LogP contribution < -0.4 is 9.80 Å². The van der Waals surface area contributed by atoms with E-state index in [1.807, 2.05) is 17.0 Å². The molecular formula is C14H17N3O. The molecule has 0 fully saturated rings. The lowest BCUT2D eigenvalue weighted by atomic mass is 10.0. The Labute approximate surface area is 107 Å². The number of hydrogen-bond donors (Lipinski definition) is 0. The molecule has 0 atom stereocenters. The molecule has 0 N–H and O–H groups in total. The van der Waals surface area contributed by atoms with Gasteiger partial charge in [-0.2, -0.15) is 5.26 Å². The van der Waals surface area contributed by atoms with Crippen LogP contribution in [0.25, 0.3) is 0 Å². The Morgan fingerprint density at radius 2 is 1.94 bits per heavy atom. The van der Waals surface area contributed by atoms with Gasteiger partial charge in [0, 0.05) is 12.6 Å². The lowest BCUT2D eigenvalue weighted by Gasteiger charge is -2.43. The molecule has 0 saturated heterocycles. The average Bonchev–Trinajstić information content (AvgIpc) is 2.31. The van der Waals surface area contributed by atoms with Crippen LogP contribution in [0, 0.1) is 11.3 Å². The monoisotopic (exact) mass is 243 g/mol. The predicted molar refractivity (Wildman–Crippen MR) is 71.7 cm³/mol. The van der Waals surface area contributed by atoms with E-state index in [0.29, 0.717) is 12.1 Å². The summed E-state index contributed by atoms with van der Waals surface area (Å²) < 4.78 is 0. The number of anilines is 2. The summed E-state index contributed by atoms with van der Waals surface area (Å²) in [5.74, 6) is 0.0714. The summed E-state index contributed by atoms with van der Waals surface area (Å²) in [5, 5.41) is 9.00. The fraction of sp³-hybridized carbons (Fsp3) is 0.429. The third kappa shape index (κ3) is 1.92. The fourth-order valence-electron chi connectivity index (χ4n) is 2.15. The van der Waals surface area contributed by atoms with Gasteiger partial charge in [0.2, 0.25) is 5.91 Å². The van der Waals surface area contributed by atoms with Gasteiger partial charge in [-0.05, 0) is 39.0 Å². The number of nitriles is 1. The molecule has 0 saturated carbocycles. The molecule has 0 aliphatic carbocycles. The van der Waals surface area contributed by atoms with E-state index in [0.717, 1.165) is 11.4 Å². The van der Waals surface area contributed by atoms with Crippen LogP contribution in [0.15, 0.2) is 18.2 Å². The minimum atomic E-state index is -0.153. The summed E-state index contributed by atoms with van der Waals surface area (Å²) in [5.41, 5.74) is 2.27. The molecule has 1 aliphatic heterocycles. The van der Waals surface area contributed by atoms with Gasteiger partial charge in [0.1, 0.15) is 0 Å². The van der Waals surface area contributed by atoms with Gasteiger partial charge in [0.05, 0.1) is 29.6 Å². The Morgan fingerprint density at radius 3 is 2.50 bits per heavy atom. The molecule has 1 amide bonds. The largest absolute Gasteiger partial charge is 0.356 e. The SMILES string of the molecule is CN1C(=O)CN(C(C)(C)C)c2cc(C#N)ccc21. The van der Waals surface area contributed by atoms with E-state index in [2.05, 4.69) is 26.8 Å². The topological polar surface area (TPSA) is 47.3 Å². The molecule has 1 heterocycles. The number of benzene rings is 1. The van der Waals surface area contributed by atoms with E-state index in [1.165, 1.54) is 0 Å². The van der Waals surface area contributed by atoms with Crippen LogP contribution in [-0.4, -0.2) is 25.0 Å². The second kappa shape index (κ2) is 4.02. The lowest BCUT2D eigenvalue weighted by molar-refractivity contribution is -0.117. The first kappa shape index (κ1) is 12.4. The van der Waals surface area contributed by atoms with Gasteiger partial charge in [-0.1, -0.05) is 0 Å². The van der Waals surface area contributed by atoms with Crippen LogP contribution in [0.1, 0.15) is 26.3 Å². The molecule has 0 radical (unpaired) electrons. The van der Waals surface area contributed by atoms with E-state index < -0.39 is 0 Å². The Morgan fingerprint density at radius 1 is 1.28 bits per heavy atom. The Balaban J connectivity index is 2.61. The van der Waals surface area contributed by atoms with Crippen LogP contribution in [0.3, 0.4) is 0 Å². The molecule has 1 aromatic carbocycles. The molecule has 0 bridgehead atoms. The van der Waals surface area contributed by atoms with Gasteiger partial charge in [-0.25, -0.2) is 0 Å². The average molecular weight is 243 g/mol. The highest BCUT2D eigenvalue weighted by Crippen LogP contribution is 2.37. The van der Waals surface area contributed by atoms with Crippen LogP contribution in [0.2, 0.25) is 0 Å². The van der Waals surface area contributed by atoms with Gasteiger partial charge in [-0.3, -0.25) is 4.79 Å². The maximum Gasteiger partial charge on any atom is 0.246 e. The quantitative estimate of drug-likeness (QED) is 0.701. The van der Waals surface area contributed by atoms with Crippen molar-refractivity contribution >= 4 is 17.3 Å². The first-order valence-corrected chi connectivity index (χ1v) is 5.93. The van der Waals surface area contributed by atoms with E-state index in [1.54, 1.807) is 18.0 Å². The summed E-state index contributed by atoms with van der Waals surface area (Å²) in [6.45, 7) is 6.54. The molecule has 4 heteroatoms. The highest BCUT2D eigenvalue weighted by molar-refractivity contribution is 6.03. The van der Waals surface area contributed by atoms with E-state index in [-0.39, 0.29) is 11.4 Å². The fourth-order valence-corrected chi connectivity index (χ4v) is 2.15. The second-order valence-corrected chi connectivity index (χ2v) is 5.53. The summed E-state index contributed by atoms with van der Waals surface area (Å²) >= 11 is 0. The molecular weight excluding hydrogens is 226 g/mol. The van der Waals surface area contributed by atoms with Crippen LogP contribution in [0.4, 0.5) is 11.4 Å². The first-order chi connectivity index (χ1) is 8.34. The minimum Gasteiger partial charge on any atom is -0.356 e. The number of amides is 1. The number of carbonyl (C=O) groups is 1. The molecule has 1 aromatic rings. The molecule has 94 valence electrons. The predicted octanol–water partition coefficient (Wildman–Crippen LogP) is 2.14. The molecule has 0 spiro atoms. The second-order valence-electron chi connectivity index (χ2n) is 5.53. The van der Waals surface area contributed by atoms with Crippen molar-refractivity contribution in [1.82, 2.24) is 0 Å². The van der Waals surface area contributed by atoms with Crippen molar-refractivity contribution < 1.29 is 4.79 Å². The first-order valence-electron chi connectivity index (χ1n) is 5.93. The lowest BCUT2D eigenvalue weighted by Crippen LogP contribution is -2.51.